The van der Waals surface area contributed by atoms with Crippen LogP contribution >= 0.6 is 0 Å². The van der Waals surface area contributed by atoms with E-state index >= 15 is 0 Å². The lowest BCUT2D eigenvalue weighted by atomic mass is 10.1. The highest BCUT2D eigenvalue weighted by atomic mass is 16.5. The predicted molar refractivity (Wildman–Crippen MR) is 177 cm³/mol. The summed E-state index contributed by atoms with van der Waals surface area (Å²) < 4.78 is 10.5. The molecule has 0 aliphatic carbocycles. The van der Waals surface area contributed by atoms with Gasteiger partial charge >= 0.3 is 11.9 Å². The zero-order valence-electron chi connectivity index (χ0n) is 26.0. The minimum atomic E-state index is -1.10. The Labute approximate surface area is 278 Å². The molecule has 0 aromatic heterocycles. The average molecular weight is 665 g/mol. The van der Waals surface area contributed by atoms with Crippen molar-refractivity contribution in [2.24, 2.45) is 20.5 Å². The van der Waals surface area contributed by atoms with Gasteiger partial charge in [0.1, 0.15) is 11.4 Å². The number of rotatable bonds is 14. The number of aromatic carboxylic acids is 2. The van der Waals surface area contributed by atoms with Gasteiger partial charge in [-0.25, -0.2) is 9.59 Å². The molecule has 14 heteroatoms. The monoisotopic (exact) mass is 664 g/mol. The summed E-state index contributed by atoms with van der Waals surface area (Å²) >= 11 is 0. The number of carboxylic acid groups (broad SMARTS) is 2. The van der Waals surface area contributed by atoms with Crippen LogP contribution in [-0.4, -0.2) is 58.2 Å². The normalized spacial score (nSPS) is 11.5. The summed E-state index contributed by atoms with van der Waals surface area (Å²) in [5, 5.41) is 55.1. The average Bonchev–Trinajstić information content (AvgIpc) is 3.09. The summed E-state index contributed by atoms with van der Waals surface area (Å²) in [4.78, 5) is 47.7. The number of hydrogen-bond acceptors (Lipinski definition) is 12. The highest BCUT2D eigenvalue weighted by molar-refractivity contribution is 6.11. The molecule has 0 fully saturated rings. The Hall–Kier alpha value is -6.96. The van der Waals surface area contributed by atoms with E-state index in [2.05, 4.69) is 20.5 Å². The van der Waals surface area contributed by atoms with E-state index in [0.717, 1.165) is 12.2 Å². The van der Waals surface area contributed by atoms with E-state index in [4.69, 9.17) is 19.7 Å². The second-order valence-corrected chi connectivity index (χ2v) is 9.99. The third-order valence-electron chi connectivity index (χ3n) is 6.70. The van der Waals surface area contributed by atoms with Crippen molar-refractivity contribution in [3.8, 4) is 23.0 Å². The van der Waals surface area contributed by atoms with Crippen LogP contribution in [0.1, 0.15) is 38.3 Å². The van der Waals surface area contributed by atoms with Crippen LogP contribution in [0, 0.1) is 0 Å². The number of phenols is 2. The van der Waals surface area contributed by atoms with Crippen molar-refractivity contribution in [1.29, 1.82) is 0 Å². The fourth-order valence-corrected chi connectivity index (χ4v) is 4.24. The molecule has 0 spiro atoms. The molecule has 14 nitrogen and oxygen atoms in total. The Bertz CT molecular complexity index is 1870. The number of ether oxygens (including phenoxy) is 2. The van der Waals surface area contributed by atoms with E-state index in [0.29, 0.717) is 22.5 Å². The van der Waals surface area contributed by atoms with Crippen molar-refractivity contribution in [2.45, 2.75) is 6.42 Å². The molecule has 4 aromatic rings. The number of allylic oxidation sites excluding steroid dienone is 2. The van der Waals surface area contributed by atoms with Gasteiger partial charge < -0.3 is 29.9 Å². The number of carbonyl (C=O) groups excluding carboxylic acids is 2. The quantitative estimate of drug-likeness (QED) is 0.0587. The summed E-state index contributed by atoms with van der Waals surface area (Å²) in [5.74, 6) is -3.81. The molecule has 4 rings (SSSR count). The molecular formula is C35H28N4O10. The first-order valence-corrected chi connectivity index (χ1v) is 14.2. The molecule has 4 aromatic carbocycles. The first kappa shape index (κ1) is 34.9. The lowest BCUT2D eigenvalue weighted by Gasteiger charge is -2.09. The largest absolute Gasteiger partial charge is 0.504 e. The molecule has 0 unspecified atom stereocenters. The molecule has 0 atom stereocenters. The Morgan fingerprint density at radius 2 is 0.939 bits per heavy atom. The highest BCUT2D eigenvalue weighted by Crippen LogP contribution is 2.42. The van der Waals surface area contributed by atoms with E-state index < -0.39 is 29.9 Å². The van der Waals surface area contributed by atoms with Crippen LogP contribution in [0.15, 0.2) is 105 Å². The maximum Gasteiger partial charge on any atom is 0.335 e. The van der Waals surface area contributed by atoms with Crippen molar-refractivity contribution in [2.75, 3.05) is 14.2 Å². The van der Waals surface area contributed by atoms with Crippen LogP contribution < -0.4 is 9.47 Å². The standard InChI is InChI=1S/C35H28N4O10/c1-48-32-28(42)17-9-20(30(32)38-36-24-11-3-22(4-12-24)34(44)45)7-15-26(40)19-27(41)16-8-21-10-18-29(43)33(49-2)31(21)39-37-25-13-5-23(6-14-25)35(46)47/h3-18,42-43H,19H2,1-2H3,(H,44,45)(H,46,47)/b15-7+,16-8+,38-36?,39-37?. The summed E-state index contributed by atoms with van der Waals surface area (Å²) in [6.45, 7) is 0. The highest BCUT2D eigenvalue weighted by Gasteiger charge is 2.15. The van der Waals surface area contributed by atoms with Crippen LogP contribution in [0.2, 0.25) is 0 Å². The van der Waals surface area contributed by atoms with Crippen LogP contribution in [0.25, 0.3) is 12.2 Å². The van der Waals surface area contributed by atoms with Gasteiger partial charge in [-0.3, -0.25) is 9.59 Å². The van der Waals surface area contributed by atoms with Gasteiger partial charge in [0.05, 0.1) is 43.1 Å². The number of aromatic hydroxyl groups is 2. The molecule has 0 saturated heterocycles. The Morgan fingerprint density at radius 1 is 0.571 bits per heavy atom. The minimum absolute atomic E-state index is 0.0194. The number of phenolic OH excluding ortho intramolecular Hbond substituents is 2. The molecule has 49 heavy (non-hydrogen) atoms. The maximum absolute atomic E-state index is 12.7. The lowest BCUT2D eigenvalue weighted by molar-refractivity contribution is -0.121. The molecule has 248 valence electrons. The Kier molecular flexibility index (Phi) is 11.4. The van der Waals surface area contributed by atoms with Crippen molar-refractivity contribution >= 4 is 58.4 Å². The number of ketones is 2. The SMILES string of the molecule is COc1c(O)ccc(/C=C/C(=O)CC(=O)/C=C/c2ccc(O)c(OC)c2N=Nc2ccc(C(=O)O)cc2)c1N=Nc1ccc(C(=O)O)cc1. The summed E-state index contributed by atoms with van der Waals surface area (Å²) in [5.41, 5.74) is 1.61. The molecule has 0 saturated carbocycles. The number of benzene rings is 4. The Morgan fingerprint density at radius 3 is 1.27 bits per heavy atom. The van der Waals surface area contributed by atoms with Crippen LogP contribution in [0.4, 0.5) is 22.7 Å². The molecule has 4 N–H and O–H groups in total. The molecule has 0 bridgehead atoms. The van der Waals surface area contributed by atoms with E-state index in [-0.39, 0.29) is 45.5 Å². The number of methoxy groups -OCH3 is 2. The lowest BCUT2D eigenvalue weighted by Crippen LogP contribution is -2.02. The number of carbonyl (C=O) groups is 4. The van der Waals surface area contributed by atoms with Crippen LogP contribution in [0.3, 0.4) is 0 Å². The maximum atomic E-state index is 12.7. The Balaban J connectivity index is 1.51. The fourth-order valence-electron chi connectivity index (χ4n) is 4.24. The van der Waals surface area contributed by atoms with Gasteiger partial charge in [0, 0.05) is 11.1 Å². The van der Waals surface area contributed by atoms with Gasteiger partial charge in [0.2, 0.25) is 0 Å². The van der Waals surface area contributed by atoms with E-state index in [1.807, 2.05) is 0 Å². The van der Waals surface area contributed by atoms with Gasteiger partial charge in [0.25, 0.3) is 0 Å². The van der Waals surface area contributed by atoms with E-state index in [1.54, 1.807) is 0 Å². The van der Waals surface area contributed by atoms with Gasteiger partial charge in [-0.05, 0) is 97.1 Å². The van der Waals surface area contributed by atoms with Crippen LogP contribution in [-0.2, 0) is 9.59 Å². The second-order valence-electron chi connectivity index (χ2n) is 9.99. The van der Waals surface area contributed by atoms with Crippen molar-refractivity contribution < 1.29 is 49.1 Å². The van der Waals surface area contributed by atoms with Gasteiger partial charge in [0.15, 0.2) is 34.6 Å². The third kappa shape index (κ3) is 9.07. The number of azo groups is 2. The topological polar surface area (TPSA) is 217 Å². The molecule has 0 aliphatic rings. The molecule has 0 amide bonds. The predicted octanol–water partition coefficient (Wildman–Crippen LogP) is 7.60. The van der Waals surface area contributed by atoms with E-state index in [9.17, 15) is 29.4 Å². The molecule has 0 aliphatic heterocycles. The molecule has 0 heterocycles. The summed E-state index contributed by atoms with van der Waals surface area (Å²) in [7, 11) is 2.63. The minimum Gasteiger partial charge on any atom is -0.504 e. The van der Waals surface area contributed by atoms with Gasteiger partial charge in [-0.1, -0.05) is 0 Å². The fraction of sp³-hybridized carbons (Fsp3) is 0.0857. The molecular weight excluding hydrogens is 636 g/mol. The summed E-state index contributed by atoms with van der Waals surface area (Å²) in [6, 6.07) is 16.8. The van der Waals surface area contributed by atoms with Gasteiger partial charge in [-0.15, -0.1) is 10.2 Å². The third-order valence-corrected chi connectivity index (χ3v) is 6.70. The number of hydrogen-bond donors (Lipinski definition) is 4. The van der Waals surface area contributed by atoms with Gasteiger partial charge in [-0.2, -0.15) is 10.2 Å². The van der Waals surface area contributed by atoms with Crippen molar-refractivity contribution in [1.82, 2.24) is 0 Å². The second kappa shape index (κ2) is 16.0. The van der Waals surface area contributed by atoms with E-state index in [1.165, 1.54) is 99.2 Å². The number of nitrogens with zero attached hydrogens (tertiary/aromatic N) is 4. The van der Waals surface area contributed by atoms with Crippen molar-refractivity contribution in [3.63, 3.8) is 0 Å². The first-order chi connectivity index (χ1) is 23.5. The molecule has 0 radical (unpaired) electrons. The smallest absolute Gasteiger partial charge is 0.335 e. The van der Waals surface area contributed by atoms with Crippen molar-refractivity contribution in [3.05, 3.63) is 107 Å². The zero-order valence-corrected chi connectivity index (χ0v) is 26.0. The zero-order chi connectivity index (χ0) is 35.5. The first-order valence-electron chi connectivity index (χ1n) is 14.2. The summed E-state index contributed by atoms with van der Waals surface area (Å²) in [6.07, 6.45) is 4.59. The number of carboxylic acids is 2. The van der Waals surface area contributed by atoms with Crippen LogP contribution in [0.5, 0.6) is 23.0 Å².